The van der Waals surface area contributed by atoms with E-state index in [4.69, 9.17) is 4.42 Å². The van der Waals surface area contributed by atoms with Crippen molar-refractivity contribution in [3.8, 4) is 0 Å². The fourth-order valence-corrected chi connectivity index (χ4v) is 2.10. The molecule has 0 N–H and O–H groups in total. The minimum absolute atomic E-state index is 0.0370. The fourth-order valence-electron chi connectivity index (χ4n) is 1.76. The van der Waals surface area contributed by atoms with Crippen LogP contribution in [0, 0.1) is 0 Å². The maximum atomic E-state index is 12.4. The fraction of sp³-hybridized carbons (Fsp3) is 0.333. The van der Waals surface area contributed by atoms with Gasteiger partial charge in [-0.05, 0) is 15.9 Å². The molecule has 0 saturated heterocycles. The van der Waals surface area contributed by atoms with E-state index < -0.39 is 12.7 Å². The van der Waals surface area contributed by atoms with Gasteiger partial charge < -0.3 is 13.9 Å². The summed E-state index contributed by atoms with van der Waals surface area (Å²) in [7, 11) is 1.48. The number of amides is 1. The average molecular weight is 366 g/mol. The first kappa shape index (κ1) is 15.6. The Hall–Kier alpha value is -1.77. The van der Waals surface area contributed by atoms with Gasteiger partial charge >= 0.3 is 6.18 Å². The van der Waals surface area contributed by atoms with Crippen molar-refractivity contribution in [2.75, 3.05) is 7.05 Å². The second-order valence-corrected chi connectivity index (χ2v) is 5.17. The molecular formula is C12H11BrF3N3O2. The van der Waals surface area contributed by atoms with Gasteiger partial charge in [0.2, 0.25) is 0 Å². The van der Waals surface area contributed by atoms with E-state index in [0.717, 1.165) is 4.57 Å². The van der Waals surface area contributed by atoms with Gasteiger partial charge in [0.15, 0.2) is 4.67 Å². The highest BCUT2D eigenvalue weighted by Crippen LogP contribution is 2.19. The Morgan fingerprint density at radius 2 is 2.24 bits per heavy atom. The number of rotatable bonds is 4. The van der Waals surface area contributed by atoms with Gasteiger partial charge in [-0.25, -0.2) is 4.98 Å². The normalized spacial score (nSPS) is 11.7. The van der Waals surface area contributed by atoms with E-state index in [9.17, 15) is 18.0 Å². The van der Waals surface area contributed by atoms with Crippen LogP contribution in [-0.2, 0) is 13.1 Å². The number of carbonyl (C=O) groups is 1. The van der Waals surface area contributed by atoms with E-state index in [1.807, 2.05) is 0 Å². The molecule has 2 aromatic rings. The topological polar surface area (TPSA) is 51.3 Å². The van der Waals surface area contributed by atoms with Gasteiger partial charge in [-0.15, -0.1) is 0 Å². The van der Waals surface area contributed by atoms with Crippen molar-refractivity contribution < 1.29 is 22.4 Å². The summed E-state index contributed by atoms with van der Waals surface area (Å²) in [6.07, 6.45) is -0.567. The van der Waals surface area contributed by atoms with Crippen LogP contribution in [0.5, 0.6) is 0 Å². The maximum absolute atomic E-state index is 12.4. The number of alkyl halides is 3. The molecule has 2 aromatic heterocycles. The molecule has 5 nitrogen and oxygen atoms in total. The van der Waals surface area contributed by atoms with Crippen LogP contribution in [0.1, 0.15) is 16.2 Å². The molecular weight excluding hydrogens is 355 g/mol. The summed E-state index contributed by atoms with van der Waals surface area (Å²) in [5.41, 5.74) is 0.304. The van der Waals surface area contributed by atoms with Gasteiger partial charge in [0.05, 0.1) is 12.1 Å². The molecule has 0 bridgehead atoms. The molecule has 0 unspecified atom stereocenters. The lowest BCUT2D eigenvalue weighted by Gasteiger charge is -2.17. The Balaban J connectivity index is 2.08. The van der Waals surface area contributed by atoms with Crippen LogP contribution in [0.2, 0.25) is 0 Å². The van der Waals surface area contributed by atoms with E-state index in [0.29, 0.717) is 10.2 Å². The molecule has 2 rings (SSSR count). The quantitative estimate of drug-likeness (QED) is 0.836. The number of furan rings is 1. The standard InChI is InChI=1S/C12H11BrF3N3O2/c1-18(11(20)8-4-9(13)21-6-8)5-10-17-2-3-19(10)7-12(14,15)16/h2-4,6H,5,7H2,1H3. The number of imidazole rings is 1. The lowest BCUT2D eigenvalue weighted by atomic mass is 10.3. The van der Waals surface area contributed by atoms with E-state index in [1.54, 1.807) is 0 Å². The predicted molar refractivity (Wildman–Crippen MR) is 70.5 cm³/mol. The first-order valence-electron chi connectivity index (χ1n) is 5.82. The first-order chi connectivity index (χ1) is 9.76. The van der Waals surface area contributed by atoms with E-state index in [-0.39, 0.29) is 18.3 Å². The maximum Gasteiger partial charge on any atom is 0.406 e. The summed E-state index contributed by atoms with van der Waals surface area (Å²) in [6, 6.07) is 1.49. The zero-order valence-corrected chi connectivity index (χ0v) is 12.5. The number of nitrogens with zero attached hydrogens (tertiary/aromatic N) is 3. The molecule has 0 fully saturated rings. The lowest BCUT2D eigenvalue weighted by Crippen LogP contribution is -2.28. The molecule has 0 aliphatic carbocycles. The minimum Gasteiger partial charge on any atom is -0.457 e. The highest BCUT2D eigenvalue weighted by molar-refractivity contribution is 9.10. The van der Waals surface area contributed by atoms with Gasteiger partial charge in [0.25, 0.3) is 5.91 Å². The van der Waals surface area contributed by atoms with Crippen LogP contribution < -0.4 is 0 Å². The third-order valence-electron chi connectivity index (χ3n) is 2.69. The molecule has 1 amide bonds. The van der Waals surface area contributed by atoms with Crippen LogP contribution >= 0.6 is 15.9 Å². The highest BCUT2D eigenvalue weighted by atomic mass is 79.9. The molecule has 0 radical (unpaired) electrons. The Morgan fingerprint density at radius 1 is 1.52 bits per heavy atom. The Morgan fingerprint density at radius 3 is 2.81 bits per heavy atom. The third kappa shape index (κ3) is 4.10. The first-order valence-corrected chi connectivity index (χ1v) is 6.62. The molecule has 0 aliphatic rings. The van der Waals surface area contributed by atoms with Gasteiger partial charge in [0.1, 0.15) is 18.6 Å². The zero-order valence-electron chi connectivity index (χ0n) is 10.9. The Labute approximate surface area is 126 Å². The predicted octanol–water partition coefficient (Wildman–Crippen LogP) is 3.07. The van der Waals surface area contributed by atoms with Gasteiger partial charge in [-0.1, -0.05) is 0 Å². The number of hydrogen-bond acceptors (Lipinski definition) is 3. The van der Waals surface area contributed by atoms with Crippen molar-refractivity contribution in [3.05, 3.63) is 40.8 Å². The summed E-state index contributed by atoms with van der Waals surface area (Å²) in [5.74, 6) is -0.211. The monoisotopic (exact) mass is 365 g/mol. The van der Waals surface area contributed by atoms with Gasteiger partial charge in [-0.2, -0.15) is 13.2 Å². The van der Waals surface area contributed by atoms with Crippen molar-refractivity contribution >= 4 is 21.8 Å². The number of carbonyl (C=O) groups excluding carboxylic acids is 1. The van der Waals surface area contributed by atoms with Crippen LogP contribution in [0.3, 0.4) is 0 Å². The summed E-state index contributed by atoms with van der Waals surface area (Å²) >= 11 is 3.08. The summed E-state index contributed by atoms with van der Waals surface area (Å²) in [5, 5.41) is 0. The molecule has 0 aromatic carbocycles. The molecule has 0 aliphatic heterocycles. The third-order valence-corrected chi connectivity index (χ3v) is 3.11. The lowest BCUT2D eigenvalue weighted by molar-refractivity contribution is -0.141. The summed E-state index contributed by atoms with van der Waals surface area (Å²) in [4.78, 5) is 17.2. The second kappa shape index (κ2) is 5.92. The van der Waals surface area contributed by atoms with Gasteiger partial charge in [0, 0.05) is 25.5 Å². The van der Waals surface area contributed by atoms with E-state index in [1.165, 1.54) is 36.7 Å². The largest absolute Gasteiger partial charge is 0.457 e. The van der Waals surface area contributed by atoms with Gasteiger partial charge in [-0.3, -0.25) is 4.79 Å². The SMILES string of the molecule is CN(Cc1nccn1CC(F)(F)F)C(=O)c1coc(Br)c1. The van der Waals surface area contributed by atoms with Crippen LogP contribution in [-0.4, -0.2) is 33.6 Å². The Bertz CT molecular complexity index is 636. The highest BCUT2D eigenvalue weighted by Gasteiger charge is 2.29. The van der Waals surface area contributed by atoms with Crippen LogP contribution in [0.4, 0.5) is 13.2 Å². The smallest absolute Gasteiger partial charge is 0.406 e. The minimum atomic E-state index is -4.34. The summed E-state index contributed by atoms with van der Waals surface area (Å²) in [6.45, 7) is -1.17. The average Bonchev–Trinajstić information content (AvgIpc) is 2.96. The van der Waals surface area contributed by atoms with Crippen molar-refractivity contribution in [2.24, 2.45) is 0 Å². The van der Waals surface area contributed by atoms with Crippen molar-refractivity contribution in [1.29, 1.82) is 0 Å². The second-order valence-electron chi connectivity index (χ2n) is 4.39. The van der Waals surface area contributed by atoms with Crippen molar-refractivity contribution in [3.63, 3.8) is 0 Å². The van der Waals surface area contributed by atoms with Crippen LogP contribution in [0.15, 0.2) is 33.8 Å². The molecule has 0 saturated carbocycles. The van der Waals surface area contributed by atoms with Crippen molar-refractivity contribution in [2.45, 2.75) is 19.3 Å². The van der Waals surface area contributed by atoms with E-state index in [2.05, 4.69) is 20.9 Å². The number of halogens is 4. The summed E-state index contributed by atoms with van der Waals surface area (Å²) < 4.78 is 43.6. The Kier molecular flexibility index (Phi) is 4.40. The zero-order chi connectivity index (χ0) is 15.6. The number of hydrogen-bond donors (Lipinski definition) is 0. The molecule has 0 spiro atoms. The number of aromatic nitrogens is 2. The molecule has 21 heavy (non-hydrogen) atoms. The molecule has 9 heteroatoms. The molecule has 114 valence electrons. The van der Waals surface area contributed by atoms with E-state index >= 15 is 0 Å². The van der Waals surface area contributed by atoms with Crippen molar-refractivity contribution in [1.82, 2.24) is 14.5 Å². The molecule has 0 atom stereocenters. The molecule has 2 heterocycles. The van der Waals surface area contributed by atoms with Crippen LogP contribution in [0.25, 0.3) is 0 Å².